The highest BCUT2D eigenvalue weighted by Crippen LogP contribution is 2.29. The molecule has 3 rings (SSSR count). The van der Waals surface area contributed by atoms with E-state index in [1.54, 1.807) is 25.1 Å². The second-order valence-corrected chi connectivity index (χ2v) is 8.19. The molecule has 0 spiro atoms. The maximum Gasteiger partial charge on any atom is 0.316 e. The number of amides is 2. The zero-order chi connectivity index (χ0) is 18.7. The number of carboxylic acids is 1. The van der Waals surface area contributed by atoms with Gasteiger partial charge in [-0.05, 0) is 38.3 Å². The number of rotatable bonds is 5. The van der Waals surface area contributed by atoms with Crippen LogP contribution in [0, 0.1) is 0 Å². The first-order valence-electron chi connectivity index (χ1n) is 9.04. The summed E-state index contributed by atoms with van der Waals surface area (Å²) in [5, 5.41) is 8.51. The molecule has 1 unspecified atom stereocenters. The Morgan fingerprint density at radius 1 is 1.19 bits per heavy atom. The van der Waals surface area contributed by atoms with Crippen LogP contribution in [0.4, 0.5) is 0 Å². The van der Waals surface area contributed by atoms with Crippen LogP contribution in [-0.2, 0) is 9.59 Å². The lowest BCUT2D eigenvalue weighted by Crippen LogP contribution is -2.47. The molecule has 0 radical (unpaired) electrons. The average Bonchev–Trinajstić information content (AvgIpc) is 3.07. The van der Waals surface area contributed by atoms with Crippen molar-refractivity contribution in [1.29, 1.82) is 0 Å². The summed E-state index contributed by atoms with van der Waals surface area (Å²) in [4.78, 5) is 40.5. The first kappa shape index (κ1) is 18.8. The van der Waals surface area contributed by atoms with Crippen LogP contribution in [0.1, 0.15) is 43.0 Å². The van der Waals surface area contributed by atoms with Crippen LogP contribution in [0.2, 0.25) is 0 Å². The second-order valence-electron chi connectivity index (χ2n) is 6.81. The minimum Gasteiger partial charge on any atom is -0.480 e. The quantitative estimate of drug-likeness (QED) is 0.799. The standard InChI is InChI=1S/C19H24N2O4S/c1-13(19(24)25)26-16-6-3-2-5-15(16)18(23)20-11-8-14(9-12-20)21-10-4-7-17(21)22/h2-3,5-6,13-14H,4,7-12H2,1H3,(H,24,25). The van der Waals surface area contributed by atoms with E-state index in [4.69, 9.17) is 5.11 Å². The molecule has 2 amide bonds. The van der Waals surface area contributed by atoms with Gasteiger partial charge in [-0.3, -0.25) is 14.4 Å². The van der Waals surface area contributed by atoms with E-state index in [0.29, 0.717) is 30.0 Å². The van der Waals surface area contributed by atoms with Gasteiger partial charge in [-0.15, -0.1) is 11.8 Å². The number of aliphatic carboxylic acids is 1. The highest BCUT2D eigenvalue weighted by atomic mass is 32.2. The lowest BCUT2D eigenvalue weighted by Gasteiger charge is -2.37. The predicted octanol–water partition coefficient (Wildman–Crippen LogP) is 2.48. The Morgan fingerprint density at radius 3 is 2.50 bits per heavy atom. The molecule has 1 N–H and O–H groups in total. The van der Waals surface area contributed by atoms with Crippen LogP contribution >= 0.6 is 11.8 Å². The number of thioether (sulfide) groups is 1. The van der Waals surface area contributed by atoms with E-state index in [-0.39, 0.29) is 17.9 Å². The molecule has 0 bridgehead atoms. The number of hydrogen-bond acceptors (Lipinski definition) is 4. The zero-order valence-corrected chi connectivity index (χ0v) is 15.7. The number of carbonyl (C=O) groups excluding carboxylic acids is 2. The summed E-state index contributed by atoms with van der Waals surface area (Å²) in [6.45, 7) is 3.71. The molecular weight excluding hydrogens is 352 g/mol. The summed E-state index contributed by atoms with van der Waals surface area (Å²) in [5.41, 5.74) is 0.557. The summed E-state index contributed by atoms with van der Waals surface area (Å²) in [7, 11) is 0. The van der Waals surface area contributed by atoms with E-state index in [2.05, 4.69) is 0 Å². The molecule has 0 saturated carbocycles. The van der Waals surface area contributed by atoms with Gasteiger partial charge in [-0.25, -0.2) is 0 Å². The average molecular weight is 376 g/mol. The predicted molar refractivity (Wildman–Crippen MR) is 99.3 cm³/mol. The number of likely N-dealkylation sites (tertiary alicyclic amines) is 2. The van der Waals surface area contributed by atoms with Gasteiger partial charge in [0.15, 0.2) is 0 Å². The molecule has 6 nitrogen and oxygen atoms in total. The van der Waals surface area contributed by atoms with Crippen molar-refractivity contribution in [2.75, 3.05) is 19.6 Å². The molecule has 26 heavy (non-hydrogen) atoms. The van der Waals surface area contributed by atoms with Crippen molar-refractivity contribution in [2.45, 2.75) is 48.8 Å². The molecule has 1 aromatic rings. The topological polar surface area (TPSA) is 77.9 Å². The van der Waals surface area contributed by atoms with Crippen LogP contribution in [0.25, 0.3) is 0 Å². The summed E-state index contributed by atoms with van der Waals surface area (Å²) in [6, 6.07) is 7.42. The molecule has 0 aliphatic carbocycles. The first-order valence-corrected chi connectivity index (χ1v) is 9.92. The van der Waals surface area contributed by atoms with E-state index in [1.165, 1.54) is 11.8 Å². The third-order valence-corrected chi connectivity index (χ3v) is 6.24. The van der Waals surface area contributed by atoms with Gasteiger partial charge in [0.2, 0.25) is 5.91 Å². The van der Waals surface area contributed by atoms with E-state index in [0.717, 1.165) is 25.8 Å². The van der Waals surface area contributed by atoms with Crippen LogP contribution in [-0.4, -0.2) is 63.6 Å². The number of nitrogens with zero attached hydrogens (tertiary/aromatic N) is 2. The summed E-state index contributed by atoms with van der Waals surface area (Å²) < 4.78 is 0. The maximum atomic E-state index is 12.9. The highest BCUT2D eigenvalue weighted by Gasteiger charge is 2.32. The molecular formula is C19H24N2O4S. The van der Waals surface area contributed by atoms with Crippen molar-refractivity contribution in [3.63, 3.8) is 0 Å². The summed E-state index contributed by atoms with van der Waals surface area (Å²) in [5.74, 6) is -0.718. The Bertz CT molecular complexity index is 701. The number of benzene rings is 1. The largest absolute Gasteiger partial charge is 0.480 e. The van der Waals surface area contributed by atoms with Crippen LogP contribution in [0.5, 0.6) is 0 Å². The fourth-order valence-corrected chi connectivity index (χ4v) is 4.51. The second kappa shape index (κ2) is 8.12. The molecule has 140 valence electrons. The van der Waals surface area contributed by atoms with Crippen molar-refractivity contribution in [3.05, 3.63) is 29.8 Å². The molecule has 1 atom stereocenters. The lowest BCUT2D eigenvalue weighted by atomic mass is 10.0. The Morgan fingerprint density at radius 2 is 1.88 bits per heavy atom. The lowest BCUT2D eigenvalue weighted by molar-refractivity contribution is -0.136. The molecule has 2 aliphatic heterocycles. The highest BCUT2D eigenvalue weighted by molar-refractivity contribution is 8.00. The van der Waals surface area contributed by atoms with E-state index >= 15 is 0 Å². The molecule has 2 heterocycles. The molecule has 2 fully saturated rings. The van der Waals surface area contributed by atoms with Gasteiger partial charge >= 0.3 is 5.97 Å². The molecule has 0 aromatic heterocycles. The van der Waals surface area contributed by atoms with Crippen LogP contribution in [0.3, 0.4) is 0 Å². The monoisotopic (exact) mass is 376 g/mol. The van der Waals surface area contributed by atoms with Gasteiger partial charge < -0.3 is 14.9 Å². The molecule has 2 saturated heterocycles. The first-order chi connectivity index (χ1) is 12.5. The van der Waals surface area contributed by atoms with Crippen LogP contribution < -0.4 is 0 Å². The van der Waals surface area contributed by atoms with Gasteiger partial charge in [0.1, 0.15) is 5.25 Å². The number of piperidine rings is 1. The Balaban J connectivity index is 1.65. The number of carbonyl (C=O) groups is 3. The van der Waals surface area contributed by atoms with Gasteiger partial charge in [0.25, 0.3) is 5.91 Å². The Kier molecular flexibility index (Phi) is 5.86. The minimum atomic E-state index is -0.895. The van der Waals surface area contributed by atoms with Crippen molar-refractivity contribution in [3.8, 4) is 0 Å². The van der Waals surface area contributed by atoms with Gasteiger partial charge in [0.05, 0.1) is 5.56 Å². The maximum absolute atomic E-state index is 12.9. The van der Waals surface area contributed by atoms with Crippen molar-refractivity contribution in [2.24, 2.45) is 0 Å². The molecule has 7 heteroatoms. The van der Waals surface area contributed by atoms with Crippen molar-refractivity contribution >= 4 is 29.5 Å². The molecule has 2 aliphatic rings. The summed E-state index contributed by atoms with van der Waals surface area (Å²) in [6.07, 6.45) is 3.19. The fraction of sp³-hybridized carbons (Fsp3) is 0.526. The summed E-state index contributed by atoms with van der Waals surface area (Å²) >= 11 is 1.19. The molecule has 1 aromatic carbocycles. The Labute approximate surface area is 157 Å². The normalized spacial score (nSPS) is 19.7. The van der Waals surface area contributed by atoms with E-state index in [9.17, 15) is 14.4 Å². The fourth-order valence-electron chi connectivity index (χ4n) is 3.59. The van der Waals surface area contributed by atoms with Gasteiger partial charge in [0, 0.05) is 37.0 Å². The van der Waals surface area contributed by atoms with E-state index in [1.807, 2.05) is 15.9 Å². The zero-order valence-electron chi connectivity index (χ0n) is 14.9. The third-order valence-electron chi connectivity index (χ3n) is 5.07. The van der Waals surface area contributed by atoms with Gasteiger partial charge in [-0.1, -0.05) is 12.1 Å². The number of carboxylic acid groups (broad SMARTS) is 1. The third kappa shape index (κ3) is 4.03. The van der Waals surface area contributed by atoms with Crippen molar-refractivity contribution in [1.82, 2.24) is 9.80 Å². The number of hydrogen-bond donors (Lipinski definition) is 1. The minimum absolute atomic E-state index is 0.0584. The SMILES string of the molecule is CC(Sc1ccccc1C(=O)N1CCC(N2CCCC2=O)CC1)C(=O)O. The van der Waals surface area contributed by atoms with Gasteiger partial charge in [-0.2, -0.15) is 0 Å². The van der Waals surface area contributed by atoms with Crippen molar-refractivity contribution < 1.29 is 19.5 Å². The Hall–Kier alpha value is -2.02. The van der Waals surface area contributed by atoms with Crippen LogP contribution in [0.15, 0.2) is 29.2 Å². The smallest absolute Gasteiger partial charge is 0.316 e. The van der Waals surface area contributed by atoms with E-state index < -0.39 is 11.2 Å².